The second-order valence-electron chi connectivity index (χ2n) is 3.23. The van der Waals surface area contributed by atoms with Crippen molar-refractivity contribution < 1.29 is 13.2 Å². The fraction of sp³-hybridized carbons (Fsp3) is 0.875. The molecule has 0 rings (SSSR count). The van der Waals surface area contributed by atoms with Crippen LogP contribution < -0.4 is 5.32 Å². The average molecular weight is 222 g/mol. The van der Waals surface area contributed by atoms with Crippen LogP contribution in [-0.4, -0.2) is 57.9 Å². The van der Waals surface area contributed by atoms with Crippen molar-refractivity contribution in [2.45, 2.75) is 6.92 Å². The third-order valence-electron chi connectivity index (χ3n) is 1.75. The van der Waals surface area contributed by atoms with Crippen LogP contribution >= 0.6 is 0 Å². The maximum Gasteiger partial charge on any atom is 0.236 e. The Labute approximate surface area is 85.4 Å². The summed E-state index contributed by atoms with van der Waals surface area (Å²) in [6.07, 6.45) is 1.16. The second kappa shape index (κ2) is 5.98. The van der Waals surface area contributed by atoms with E-state index in [0.717, 1.165) is 12.8 Å². The molecule has 0 aromatic rings. The summed E-state index contributed by atoms with van der Waals surface area (Å²) in [6, 6.07) is 0. The van der Waals surface area contributed by atoms with Crippen molar-refractivity contribution in [1.82, 2.24) is 10.2 Å². The van der Waals surface area contributed by atoms with Crippen LogP contribution in [0.25, 0.3) is 0 Å². The molecule has 14 heavy (non-hydrogen) atoms. The van der Waals surface area contributed by atoms with Gasteiger partial charge in [-0.2, -0.15) is 0 Å². The summed E-state index contributed by atoms with van der Waals surface area (Å²) in [5.74, 6) is -0.0723. The van der Waals surface area contributed by atoms with Crippen LogP contribution in [0.1, 0.15) is 6.92 Å². The summed E-state index contributed by atoms with van der Waals surface area (Å²) in [6.45, 7) is 3.15. The van der Waals surface area contributed by atoms with Crippen molar-refractivity contribution in [2.24, 2.45) is 0 Å². The van der Waals surface area contributed by atoms with E-state index in [1.807, 2.05) is 6.92 Å². The Bertz CT molecular complexity index is 274. The molecule has 0 saturated heterocycles. The second-order valence-corrected chi connectivity index (χ2v) is 5.49. The van der Waals surface area contributed by atoms with E-state index in [0.29, 0.717) is 0 Å². The van der Waals surface area contributed by atoms with Gasteiger partial charge in [-0.3, -0.25) is 4.79 Å². The molecule has 0 heterocycles. The fourth-order valence-corrected chi connectivity index (χ4v) is 1.40. The number of hydrogen-bond donors (Lipinski definition) is 1. The molecule has 5 nitrogen and oxygen atoms in total. The van der Waals surface area contributed by atoms with Crippen molar-refractivity contribution in [3.05, 3.63) is 0 Å². The van der Waals surface area contributed by atoms with E-state index in [1.165, 1.54) is 4.90 Å². The minimum absolute atomic E-state index is 0.0152. The molecule has 1 amide bonds. The average Bonchev–Trinajstić information content (AvgIpc) is 2.09. The minimum Gasteiger partial charge on any atom is -0.344 e. The molecule has 0 aliphatic heterocycles. The first-order valence-electron chi connectivity index (χ1n) is 4.49. The molecule has 0 aromatic heterocycles. The van der Waals surface area contributed by atoms with Crippen molar-refractivity contribution in [3.8, 4) is 0 Å². The standard InChI is InChI=1S/C8H18N2O3S/c1-4-9-7-8(11)10(2)5-6-14(3,12)13/h9H,4-7H2,1-3H3. The molecule has 0 aliphatic carbocycles. The van der Waals surface area contributed by atoms with Gasteiger partial charge in [-0.25, -0.2) is 8.42 Å². The SMILES string of the molecule is CCNCC(=O)N(C)CCS(C)(=O)=O. The lowest BCUT2D eigenvalue weighted by molar-refractivity contribution is -0.128. The normalized spacial score (nSPS) is 11.4. The summed E-state index contributed by atoms with van der Waals surface area (Å²) < 4.78 is 21.6. The van der Waals surface area contributed by atoms with Gasteiger partial charge in [0, 0.05) is 19.8 Å². The van der Waals surface area contributed by atoms with E-state index in [4.69, 9.17) is 0 Å². The van der Waals surface area contributed by atoms with Gasteiger partial charge in [0.25, 0.3) is 0 Å². The van der Waals surface area contributed by atoms with Crippen LogP contribution in [0, 0.1) is 0 Å². The van der Waals surface area contributed by atoms with Gasteiger partial charge in [-0.1, -0.05) is 6.92 Å². The number of carbonyl (C=O) groups is 1. The number of hydrogen-bond acceptors (Lipinski definition) is 4. The lowest BCUT2D eigenvalue weighted by atomic mass is 10.5. The molecule has 0 radical (unpaired) electrons. The van der Waals surface area contributed by atoms with Gasteiger partial charge in [-0.15, -0.1) is 0 Å². The Morgan fingerprint density at radius 1 is 1.43 bits per heavy atom. The molecule has 0 unspecified atom stereocenters. The molecule has 0 aromatic carbocycles. The van der Waals surface area contributed by atoms with Crippen molar-refractivity contribution in [3.63, 3.8) is 0 Å². The maximum atomic E-state index is 11.3. The van der Waals surface area contributed by atoms with Gasteiger partial charge in [0.2, 0.25) is 5.91 Å². The lowest BCUT2D eigenvalue weighted by Crippen LogP contribution is -2.37. The highest BCUT2D eigenvalue weighted by Gasteiger charge is 2.10. The first kappa shape index (κ1) is 13.4. The highest BCUT2D eigenvalue weighted by molar-refractivity contribution is 7.90. The Balaban J connectivity index is 3.84. The van der Waals surface area contributed by atoms with E-state index in [-0.39, 0.29) is 24.7 Å². The fourth-order valence-electron chi connectivity index (χ4n) is 0.794. The van der Waals surface area contributed by atoms with Crippen LogP contribution in [0.5, 0.6) is 0 Å². The highest BCUT2D eigenvalue weighted by Crippen LogP contribution is 1.88. The summed E-state index contributed by atoms with van der Waals surface area (Å²) in [7, 11) is -1.39. The zero-order chi connectivity index (χ0) is 11.2. The van der Waals surface area contributed by atoms with Crippen molar-refractivity contribution >= 4 is 15.7 Å². The third-order valence-corrected chi connectivity index (χ3v) is 2.67. The molecular weight excluding hydrogens is 204 g/mol. The van der Waals surface area contributed by atoms with E-state index in [1.54, 1.807) is 7.05 Å². The molecule has 0 saturated carbocycles. The monoisotopic (exact) mass is 222 g/mol. The van der Waals surface area contributed by atoms with Gasteiger partial charge >= 0.3 is 0 Å². The van der Waals surface area contributed by atoms with Crippen LogP contribution in [0.3, 0.4) is 0 Å². The van der Waals surface area contributed by atoms with Crippen LogP contribution in [0.2, 0.25) is 0 Å². The van der Waals surface area contributed by atoms with Gasteiger partial charge in [0.05, 0.1) is 12.3 Å². The number of carbonyl (C=O) groups excluding carboxylic acids is 1. The van der Waals surface area contributed by atoms with E-state index >= 15 is 0 Å². The highest BCUT2D eigenvalue weighted by atomic mass is 32.2. The van der Waals surface area contributed by atoms with Gasteiger partial charge in [0.1, 0.15) is 9.84 Å². The number of sulfone groups is 1. The van der Waals surface area contributed by atoms with Crippen LogP contribution in [0.4, 0.5) is 0 Å². The Morgan fingerprint density at radius 3 is 2.43 bits per heavy atom. The quantitative estimate of drug-likeness (QED) is 0.632. The van der Waals surface area contributed by atoms with Crippen LogP contribution in [-0.2, 0) is 14.6 Å². The molecule has 0 atom stereocenters. The summed E-state index contributed by atoms with van der Waals surface area (Å²) >= 11 is 0. The molecular formula is C8H18N2O3S. The first-order valence-corrected chi connectivity index (χ1v) is 6.55. The number of rotatable bonds is 6. The molecule has 0 spiro atoms. The van der Waals surface area contributed by atoms with E-state index in [2.05, 4.69) is 5.32 Å². The van der Waals surface area contributed by atoms with Crippen molar-refractivity contribution in [2.75, 3.05) is 38.7 Å². The van der Waals surface area contributed by atoms with Crippen LogP contribution in [0.15, 0.2) is 0 Å². The number of nitrogens with zero attached hydrogens (tertiary/aromatic N) is 1. The van der Waals surface area contributed by atoms with Gasteiger partial charge in [0.15, 0.2) is 0 Å². The molecule has 1 N–H and O–H groups in total. The van der Waals surface area contributed by atoms with E-state index in [9.17, 15) is 13.2 Å². The summed E-state index contributed by atoms with van der Waals surface area (Å²) in [5, 5.41) is 2.89. The zero-order valence-corrected chi connectivity index (χ0v) is 9.73. The maximum absolute atomic E-state index is 11.3. The number of likely N-dealkylation sites (N-methyl/N-ethyl adjacent to an activating group) is 2. The Kier molecular flexibility index (Phi) is 5.71. The summed E-state index contributed by atoms with van der Waals surface area (Å²) in [5.41, 5.74) is 0. The third kappa shape index (κ3) is 6.85. The number of amides is 1. The molecule has 0 bridgehead atoms. The minimum atomic E-state index is -2.99. The van der Waals surface area contributed by atoms with Crippen molar-refractivity contribution in [1.29, 1.82) is 0 Å². The smallest absolute Gasteiger partial charge is 0.236 e. The first-order chi connectivity index (χ1) is 6.37. The molecule has 0 fully saturated rings. The lowest BCUT2D eigenvalue weighted by Gasteiger charge is -2.16. The van der Waals surface area contributed by atoms with Gasteiger partial charge < -0.3 is 10.2 Å². The molecule has 0 aliphatic rings. The Morgan fingerprint density at radius 2 is 2.00 bits per heavy atom. The largest absolute Gasteiger partial charge is 0.344 e. The molecule has 6 heteroatoms. The molecule has 84 valence electrons. The Hall–Kier alpha value is -0.620. The van der Waals surface area contributed by atoms with Gasteiger partial charge in [-0.05, 0) is 6.54 Å². The van der Waals surface area contributed by atoms with E-state index < -0.39 is 9.84 Å². The topological polar surface area (TPSA) is 66.5 Å². The predicted molar refractivity (Wildman–Crippen MR) is 55.9 cm³/mol. The number of nitrogens with one attached hydrogen (secondary N) is 1. The summed E-state index contributed by atoms with van der Waals surface area (Å²) in [4.78, 5) is 12.7. The predicted octanol–water partition coefficient (Wildman–Crippen LogP) is -0.901. The zero-order valence-electron chi connectivity index (χ0n) is 8.91.